The molecule has 1 aliphatic rings. The van der Waals surface area contributed by atoms with Crippen LogP contribution >= 0.6 is 0 Å². The zero-order valence-corrected chi connectivity index (χ0v) is 14.4. The maximum atomic E-state index is 14.8. The van der Waals surface area contributed by atoms with Crippen LogP contribution in [0.1, 0.15) is 35.6 Å². The van der Waals surface area contributed by atoms with Crippen molar-refractivity contribution in [1.82, 2.24) is 0 Å². The highest BCUT2D eigenvalue weighted by atomic mass is 19.1. The molecule has 3 aromatic rings. The Morgan fingerprint density at radius 2 is 1.69 bits per heavy atom. The lowest BCUT2D eigenvalue weighted by Crippen LogP contribution is -2.00. The van der Waals surface area contributed by atoms with Gasteiger partial charge in [0, 0.05) is 17.5 Å². The molecule has 1 nitrogen and oxygen atoms in total. The normalized spacial score (nSPS) is 11.8. The molecule has 0 aliphatic heterocycles. The van der Waals surface area contributed by atoms with Gasteiger partial charge < -0.3 is 0 Å². The molecule has 128 valence electrons. The van der Waals surface area contributed by atoms with Gasteiger partial charge in [0.2, 0.25) is 0 Å². The van der Waals surface area contributed by atoms with Crippen LogP contribution in [0.4, 0.5) is 8.78 Å². The third-order valence-corrected chi connectivity index (χ3v) is 5.02. The van der Waals surface area contributed by atoms with E-state index >= 15 is 0 Å². The monoisotopic (exact) mass is 345 g/mol. The maximum Gasteiger partial charge on any atom is 0.133 e. The van der Waals surface area contributed by atoms with Crippen molar-refractivity contribution in [3.8, 4) is 28.3 Å². The molecule has 3 aromatic carbocycles. The highest BCUT2D eigenvalue weighted by molar-refractivity contribution is 5.80. The molecular formula is C23H17F2N. The Balaban J connectivity index is 1.76. The summed E-state index contributed by atoms with van der Waals surface area (Å²) in [7, 11) is 0. The van der Waals surface area contributed by atoms with E-state index in [0.29, 0.717) is 36.0 Å². The first-order valence-electron chi connectivity index (χ1n) is 8.76. The van der Waals surface area contributed by atoms with E-state index in [9.17, 15) is 8.78 Å². The Morgan fingerprint density at radius 3 is 2.38 bits per heavy atom. The molecule has 0 heterocycles. The van der Waals surface area contributed by atoms with E-state index in [2.05, 4.69) is 6.07 Å². The van der Waals surface area contributed by atoms with Gasteiger partial charge in [-0.15, -0.1) is 0 Å². The lowest BCUT2D eigenvalue weighted by molar-refractivity contribution is 0.547. The fourth-order valence-electron chi connectivity index (χ4n) is 3.71. The summed E-state index contributed by atoms with van der Waals surface area (Å²) in [6.07, 6.45) is 1.61. The topological polar surface area (TPSA) is 23.8 Å². The summed E-state index contributed by atoms with van der Waals surface area (Å²) in [4.78, 5) is 0. The van der Waals surface area contributed by atoms with Crippen LogP contribution < -0.4 is 0 Å². The summed E-state index contributed by atoms with van der Waals surface area (Å²) in [6.45, 7) is 1.92. The molecule has 3 heteroatoms. The minimum absolute atomic E-state index is 0.200. The van der Waals surface area contributed by atoms with Gasteiger partial charge >= 0.3 is 0 Å². The molecule has 0 unspecified atom stereocenters. The van der Waals surface area contributed by atoms with Gasteiger partial charge in [-0.05, 0) is 52.4 Å². The standard InChI is InChI=1S/C23H17F2N/c1-2-3-19-22(24)12-20-18-9-8-16(10-17(18)11-21(20)23(19)25)15-6-4-14(13-26)5-7-15/h4-10,12H,2-3,11H2,1H3. The smallest absolute Gasteiger partial charge is 0.133 e. The third kappa shape index (κ3) is 2.59. The van der Waals surface area contributed by atoms with Crippen molar-refractivity contribution in [2.24, 2.45) is 0 Å². The largest absolute Gasteiger partial charge is 0.207 e. The fourth-order valence-corrected chi connectivity index (χ4v) is 3.71. The second-order valence-electron chi connectivity index (χ2n) is 6.66. The Hall–Kier alpha value is -2.99. The fraction of sp³-hybridized carbons (Fsp3) is 0.174. The number of hydrogen-bond acceptors (Lipinski definition) is 1. The van der Waals surface area contributed by atoms with Crippen LogP contribution in [0.15, 0.2) is 48.5 Å². The van der Waals surface area contributed by atoms with Crippen LogP contribution in [0.3, 0.4) is 0 Å². The average molecular weight is 345 g/mol. The summed E-state index contributed by atoms with van der Waals surface area (Å²) in [5.74, 6) is -0.843. The summed E-state index contributed by atoms with van der Waals surface area (Å²) >= 11 is 0. The van der Waals surface area contributed by atoms with Gasteiger partial charge in [-0.2, -0.15) is 5.26 Å². The minimum Gasteiger partial charge on any atom is -0.207 e. The number of nitriles is 1. The molecule has 0 N–H and O–H groups in total. The Bertz CT molecular complexity index is 1040. The number of hydrogen-bond donors (Lipinski definition) is 0. The van der Waals surface area contributed by atoms with E-state index in [4.69, 9.17) is 5.26 Å². The first kappa shape index (κ1) is 16.5. The van der Waals surface area contributed by atoms with E-state index in [1.807, 2.05) is 37.3 Å². The van der Waals surface area contributed by atoms with E-state index in [-0.39, 0.29) is 5.56 Å². The summed E-state index contributed by atoms with van der Waals surface area (Å²) < 4.78 is 29.2. The number of rotatable bonds is 3. The zero-order chi connectivity index (χ0) is 18.3. The maximum absolute atomic E-state index is 14.8. The van der Waals surface area contributed by atoms with Crippen LogP contribution in [0.5, 0.6) is 0 Å². The lowest BCUT2D eigenvalue weighted by atomic mass is 9.98. The summed E-state index contributed by atoms with van der Waals surface area (Å²) in [5, 5.41) is 8.92. The highest BCUT2D eigenvalue weighted by Crippen LogP contribution is 2.41. The first-order valence-corrected chi connectivity index (χ1v) is 8.76. The molecule has 0 spiro atoms. The Kier molecular flexibility index (Phi) is 4.05. The molecule has 26 heavy (non-hydrogen) atoms. The second-order valence-corrected chi connectivity index (χ2v) is 6.66. The van der Waals surface area contributed by atoms with Crippen molar-refractivity contribution in [3.63, 3.8) is 0 Å². The van der Waals surface area contributed by atoms with Gasteiger partial charge in [0.25, 0.3) is 0 Å². The SMILES string of the molecule is CCCc1c(F)cc2c(c1F)Cc1cc(-c3ccc(C#N)cc3)ccc1-2. The van der Waals surface area contributed by atoms with Crippen molar-refractivity contribution in [1.29, 1.82) is 5.26 Å². The van der Waals surface area contributed by atoms with E-state index < -0.39 is 11.6 Å². The lowest BCUT2D eigenvalue weighted by Gasteiger charge is -2.09. The molecule has 0 fully saturated rings. The van der Waals surface area contributed by atoms with Gasteiger partial charge in [0.15, 0.2) is 0 Å². The third-order valence-electron chi connectivity index (χ3n) is 5.02. The van der Waals surface area contributed by atoms with E-state index in [1.54, 1.807) is 12.1 Å². The summed E-state index contributed by atoms with van der Waals surface area (Å²) in [6, 6.07) is 16.9. The Morgan fingerprint density at radius 1 is 0.962 bits per heavy atom. The van der Waals surface area contributed by atoms with Crippen molar-refractivity contribution in [2.45, 2.75) is 26.2 Å². The summed E-state index contributed by atoms with van der Waals surface area (Å²) in [5.41, 5.74) is 6.00. The average Bonchev–Trinajstić information content (AvgIpc) is 3.03. The molecular weight excluding hydrogens is 328 g/mol. The number of halogens is 2. The quantitative estimate of drug-likeness (QED) is 0.445. The zero-order valence-electron chi connectivity index (χ0n) is 14.4. The van der Waals surface area contributed by atoms with Crippen LogP contribution in [-0.4, -0.2) is 0 Å². The van der Waals surface area contributed by atoms with Crippen LogP contribution in [0.2, 0.25) is 0 Å². The predicted molar refractivity (Wildman–Crippen MR) is 98.7 cm³/mol. The van der Waals surface area contributed by atoms with Gasteiger partial charge in [-0.3, -0.25) is 0 Å². The minimum atomic E-state index is -0.452. The van der Waals surface area contributed by atoms with E-state index in [1.165, 1.54) is 6.07 Å². The van der Waals surface area contributed by atoms with Crippen molar-refractivity contribution in [2.75, 3.05) is 0 Å². The Labute approximate surface area is 151 Å². The van der Waals surface area contributed by atoms with Gasteiger partial charge in [-0.1, -0.05) is 43.7 Å². The molecule has 1 aliphatic carbocycles. The van der Waals surface area contributed by atoms with Crippen molar-refractivity contribution in [3.05, 3.63) is 82.4 Å². The molecule has 0 amide bonds. The van der Waals surface area contributed by atoms with Crippen LogP contribution in [0, 0.1) is 23.0 Å². The molecule has 0 bridgehead atoms. The van der Waals surface area contributed by atoms with Gasteiger partial charge in [-0.25, -0.2) is 8.78 Å². The van der Waals surface area contributed by atoms with Crippen molar-refractivity contribution < 1.29 is 8.78 Å². The molecule has 0 aromatic heterocycles. The van der Waals surface area contributed by atoms with E-state index in [0.717, 1.165) is 22.3 Å². The van der Waals surface area contributed by atoms with Gasteiger partial charge in [0.05, 0.1) is 11.6 Å². The number of nitrogens with zero attached hydrogens (tertiary/aromatic N) is 1. The second kappa shape index (κ2) is 6.38. The van der Waals surface area contributed by atoms with Crippen molar-refractivity contribution >= 4 is 0 Å². The molecule has 0 saturated heterocycles. The predicted octanol–water partition coefficient (Wildman–Crippen LogP) is 6.03. The molecule has 4 rings (SSSR count). The van der Waals surface area contributed by atoms with Crippen LogP contribution in [-0.2, 0) is 12.8 Å². The highest BCUT2D eigenvalue weighted by Gasteiger charge is 2.26. The number of benzene rings is 3. The first-order chi connectivity index (χ1) is 12.6. The van der Waals surface area contributed by atoms with Crippen LogP contribution in [0.25, 0.3) is 22.3 Å². The molecule has 0 atom stereocenters. The molecule has 0 saturated carbocycles. The number of fused-ring (bicyclic) bond motifs is 3. The van der Waals surface area contributed by atoms with Gasteiger partial charge in [0.1, 0.15) is 11.6 Å². The molecule has 0 radical (unpaired) electrons.